The van der Waals surface area contributed by atoms with Gasteiger partial charge in [-0.15, -0.1) is 0 Å². The Morgan fingerprint density at radius 2 is 1.81 bits per heavy atom. The minimum absolute atomic E-state index is 0.219. The van der Waals surface area contributed by atoms with Gasteiger partial charge in [0.05, 0.1) is 30.4 Å². The summed E-state index contributed by atoms with van der Waals surface area (Å²) < 4.78 is 11.7. The molecule has 9 rings (SSSR count). The van der Waals surface area contributed by atoms with E-state index >= 15 is 0 Å². The van der Waals surface area contributed by atoms with Gasteiger partial charge in [-0.25, -0.2) is 9.78 Å². The molecular formula is C40H44N10O4. The number of imide groups is 1. The van der Waals surface area contributed by atoms with Crippen molar-refractivity contribution in [2.24, 2.45) is 5.92 Å². The number of ether oxygens (including phenoxy) is 1. The molecule has 0 bridgehead atoms. The summed E-state index contributed by atoms with van der Waals surface area (Å²) in [6.45, 7) is 3.74. The van der Waals surface area contributed by atoms with Crippen molar-refractivity contribution < 1.29 is 19.1 Å². The molecule has 3 fully saturated rings. The molecule has 1 saturated carbocycles. The number of nitrogens with zero attached hydrogens (tertiary/aromatic N) is 8. The molecule has 3 aliphatic rings. The molecule has 0 unspecified atom stereocenters. The predicted octanol–water partition coefficient (Wildman–Crippen LogP) is 6.20. The molecule has 2 aromatic carbocycles. The van der Waals surface area contributed by atoms with Crippen LogP contribution in [-0.2, 0) is 4.79 Å². The minimum Gasteiger partial charge on any atom is -0.496 e. The fourth-order valence-corrected chi connectivity index (χ4v) is 8.64. The zero-order valence-corrected chi connectivity index (χ0v) is 30.4. The maximum atomic E-state index is 13.4. The van der Waals surface area contributed by atoms with Crippen LogP contribution in [0, 0.1) is 5.92 Å². The van der Waals surface area contributed by atoms with E-state index in [-0.39, 0.29) is 17.8 Å². The number of likely N-dealkylation sites (tertiary alicyclic amines) is 1. The molecule has 4 amide bonds. The first-order chi connectivity index (χ1) is 26.4. The smallest absolute Gasteiger partial charge is 0.328 e. The fraction of sp³-hybridized carbons (Fsp3) is 0.400. The summed E-state index contributed by atoms with van der Waals surface area (Å²) in [5, 5.41) is 16.6. The fourth-order valence-electron chi connectivity index (χ4n) is 8.64. The number of aromatic nitrogens is 6. The first-order valence-corrected chi connectivity index (χ1v) is 19.0. The van der Waals surface area contributed by atoms with Crippen molar-refractivity contribution in [3.8, 4) is 5.75 Å². The van der Waals surface area contributed by atoms with Gasteiger partial charge in [-0.3, -0.25) is 24.5 Å². The Morgan fingerprint density at radius 1 is 0.963 bits per heavy atom. The third-order valence-electron chi connectivity index (χ3n) is 11.7. The van der Waals surface area contributed by atoms with E-state index in [2.05, 4.69) is 65.5 Å². The van der Waals surface area contributed by atoms with Gasteiger partial charge in [0, 0.05) is 78.7 Å². The molecule has 2 N–H and O–H groups in total. The number of hydrogen-bond acceptors (Lipinski definition) is 8. The minimum atomic E-state index is -0.351. The highest BCUT2D eigenvalue weighted by atomic mass is 16.5. The molecule has 14 nitrogen and oxygen atoms in total. The Kier molecular flexibility index (Phi) is 8.97. The van der Waals surface area contributed by atoms with E-state index in [1.807, 2.05) is 24.3 Å². The second-order valence-electron chi connectivity index (χ2n) is 14.9. The molecule has 0 atom stereocenters. The number of urea groups is 1. The first-order valence-electron chi connectivity index (χ1n) is 19.0. The van der Waals surface area contributed by atoms with Crippen molar-refractivity contribution in [1.82, 2.24) is 39.2 Å². The van der Waals surface area contributed by atoms with Gasteiger partial charge < -0.3 is 19.5 Å². The Hall–Kier alpha value is -5.76. The highest BCUT2D eigenvalue weighted by Gasteiger charge is 2.28. The van der Waals surface area contributed by atoms with Gasteiger partial charge in [-0.1, -0.05) is 0 Å². The lowest BCUT2D eigenvalue weighted by atomic mass is 9.84. The van der Waals surface area contributed by atoms with Crippen molar-refractivity contribution in [3.05, 3.63) is 78.9 Å². The Balaban J connectivity index is 0.766. The quantitative estimate of drug-likeness (QED) is 0.179. The number of anilines is 2. The topological polar surface area (TPSA) is 144 Å². The highest BCUT2D eigenvalue weighted by molar-refractivity contribution is 6.08. The highest BCUT2D eigenvalue weighted by Crippen LogP contribution is 2.36. The first kappa shape index (κ1) is 34.0. The molecule has 1 aliphatic carbocycles. The number of carbonyl (C=O) groups excluding carboxylic acids is 3. The van der Waals surface area contributed by atoms with Crippen molar-refractivity contribution >= 4 is 56.8 Å². The molecule has 14 heteroatoms. The second-order valence-corrected chi connectivity index (χ2v) is 14.9. The zero-order chi connectivity index (χ0) is 36.8. The van der Waals surface area contributed by atoms with Crippen LogP contribution in [0.4, 0.5) is 16.3 Å². The van der Waals surface area contributed by atoms with Crippen LogP contribution < -0.4 is 20.3 Å². The average molecular weight is 729 g/mol. The van der Waals surface area contributed by atoms with Crippen LogP contribution in [0.1, 0.15) is 73.8 Å². The molecule has 4 aromatic heterocycles. The van der Waals surface area contributed by atoms with Gasteiger partial charge >= 0.3 is 6.03 Å². The van der Waals surface area contributed by atoms with Crippen LogP contribution in [0.25, 0.3) is 27.5 Å². The van der Waals surface area contributed by atoms with Gasteiger partial charge in [-0.2, -0.15) is 14.7 Å². The summed E-state index contributed by atoms with van der Waals surface area (Å²) in [5.74, 6) is 1.17. The van der Waals surface area contributed by atoms with Crippen LogP contribution in [0.3, 0.4) is 0 Å². The standard InChI is InChI=1S/C40H44N10O4/c1-54-35-23-33-28(22-32(35)39(52)43-37-24-41-36-3-2-15-42-50(36)37)25-49(45-33)30-6-4-26(5-7-30)10-16-46-17-12-29(13-18-46)47-19-11-27-21-31(8-9-34(27)47)48-20-14-38(51)44-40(48)53/h2-3,8-9,11,15,19,21-26,29-30H,4-7,10,12-14,16-18,20H2,1H3,(H,43,52)(H,44,51,53). The maximum absolute atomic E-state index is 13.4. The van der Waals surface area contributed by atoms with Crippen LogP contribution in [-0.4, -0.2) is 85.0 Å². The van der Waals surface area contributed by atoms with Gasteiger partial charge in [0.25, 0.3) is 5.91 Å². The molecule has 2 aliphatic heterocycles. The molecule has 278 valence electrons. The van der Waals surface area contributed by atoms with Gasteiger partial charge in [0.15, 0.2) is 11.5 Å². The van der Waals surface area contributed by atoms with Gasteiger partial charge in [0.2, 0.25) is 5.91 Å². The number of fused-ring (bicyclic) bond motifs is 3. The maximum Gasteiger partial charge on any atom is 0.328 e. The average Bonchev–Trinajstić information content (AvgIpc) is 3.93. The molecule has 0 spiro atoms. The number of hydrogen-bond donors (Lipinski definition) is 2. The number of methoxy groups -OCH3 is 1. The van der Waals surface area contributed by atoms with Crippen molar-refractivity contribution in [1.29, 1.82) is 0 Å². The third-order valence-corrected chi connectivity index (χ3v) is 11.7. The van der Waals surface area contributed by atoms with Gasteiger partial charge in [0.1, 0.15) is 5.75 Å². The second kappa shape index (κ2) is 14.2. The number of amides is 4. The number of imidazole rings is 1. The lowest BCUT2D eigenvalue weighted by molar-refractivity contribution is -0.120. The summed E-state index contributed by atoms with van der Waals surface area (Å²) in [7, 11) is 1.57. The van der Waals surface area contributed by atoms with Crippen LogP contribution in [0.5, 0.6) is 5.75 Å². The molecule has 6 heterocycles. The number of piperidine rings is 1. The summed E-state index contributed by atoms with van der Waals surface area (Å²) in [6.07, 6.45) is 15.8. The summed E-state index contributed by atoms with van der Waals surface area (Å²) in [4.78, 5) is 45.9. The Bertz CT molecular complexity index is 2360. The summed E-state index contributed by atoms with van der Waals surface area (Å²) in [5.41, 5.74) is 3.91. The molecule has 54 heavy (non-hydrogen) atoms. The monoisotopic (exact) mass is 728 g/mol. The van der Waals surface area contributed by atoms with Crippen molar-refractivity contribution in [2.75, 3.05) is 43.5 Å². The van der Waals surface area contributed by atoms with E-state index in [1.165, 1.54) is 24.8 Å². The largest absolute Gasteiger partial charge is 0.496 e. The van der Waals surface area contributed by atoms with E-state index in [0.717, 1.165) is 73.2 Å². The van der Waals surface area contributed by atoms with Crippen LogP contribution >= 0.6 is 0 Å². The van der Waals surface area contributed by atoms with Crippen molar-refractivity contribution in [2.45, 2.75) is 63.5 Å². The lowest BCUT2D eigenvalue weighted by Crippen LogP contribution is -2.49. The van der Waals surface area contributed by atoms with Gasteiger partial charge in [-0.05, 0) is 99.9 Å². The van der Waals surface area contributed by atoms with E-state index < -0.39 is 0 Å². The Morgan fingerprint density at radius 3 is 2.63 bits per heavy atom. The number of rotatable bonds is 9. The normalized spacial score (nSPS) is 20.2. The zero-order valence-electron chi connectivity index (χ0n) is 30.4. The lowest BCUT2D eigenvalue weighted by Gasteiger charge is -2.35. The number of benzene rings is 2. The van der Waals surface area contributed by atoms with E-state index in [1.54, 1.807) is 35.0 Å². The molecular weight excluding hydrogens is 685 g/mol. The Labute approximate surface area is 312 Å². The van der Waals surface area contributed by atoms with E-state index in [0.29, 0.717) is 47.8 Å². The molecule has 6 aromatic rings. The third kappa shape index (κ3) is 6.55. The summed E-state index contributed by atoms with van der Waals surface area (Å²) >= 11 is 0. The van der Waals surface area contributed by atoms with Crippen LogP contribution in [0.2, 0.25) is 0 Å². The number of carbonyl (C=O) groups is 3. The van der Waals surface area contributed by atoms with Crippen LogP contribution in [0.15, 0.2) is 73.3 Å². The SMILES string of the molecule is COc1cc2nn(C3CCC(CCN4CCC(n5ccc6cc(N7CCC(=O)NC7=O)ccc65)CC4)CC3)cc2cc1C(=O)Nc1cnc2cccnn12. The predicted molar refractivity (Wildman–Crippen MR) is 205 cm³/mol. The number of nitrogens with one attached hydrogen (secondary N) is 2. The van der Waals surface area contributed by atoms with E-state index in [9.17, 15) is 14.4 Å². The molecule has 0 radical (unpaired) electrons. The summed E-state index contributed by atoms with van der Waals surface area (Å²) in [6, 6.07) is 16.1. The molecule has 2 saturated heterocycles. The van der Waals surface area contributed by atoms with Crippen molar-refractivity contribution in [3.63, 3.8) is 0 Å². The van der Waals surface area contributed by atoms with E-state index in [4.69, 9.17) is 9.84 Å².